The van der Waals surface area contributed by atoms with E-state index in [-0.39, 0.29) is 0 Å². The Morgan fingerprint density at radius 3 is 2.58 bits per heavy atom. The molecule has 0 aliphatic heterocycles. The highest BCUT2D eigenvalue weighted by Crippen LogP contribution is 1.78. The zero-order valence-corrected chi connectivity index (χ0v) is 7.88. The molecular weight excluding hydrogens is 154 g/mol. The number of methoxy groups -OCH3 is 1. The quantitative estimate of drug-likeness (QED) is 0.274. The largest absolute Gasteiger partial charge is 0.385 e. The summed E-state index contributed by atoms with van der Waals surface area (Å²) in [4.78, 5) is 12.8. The Morgan fingerprint density at radius 1 is 1.67 bits per heavy atom. The molecule has 3 nitrogen and oxygen atoms in total. The van der Waals surface area contributed by atoms with Crippen molar-refractivity contribution in [3.63, 3.8) is 0 Å². The maximum atomic E-state index is 9.44. The van der Waals surface area contributed by atoms with Gasteiger partial charge in [0.25, 0.3) is 0 Å². The summed E-state index contributed by atoms with van der Waals surface area (Å²) in [7, 11) is 1.62. The van der Waals surface area contributed by atoms with Crippen molar-refractivity contribution < 1.29 is 9.53 Å². The normalized spacial score (nSPS) is 7.50. The van der Waals surface area contributed by atoms with Crippen LogP contribution in [0.15, 0.2) is 17.6 Å². The second-order valence-electron chi connectivity index (χ2n) is 2.02. The predicted molar refractivity (Wildman–Crippen MR) is 50.0 cm³/mol. The van der Waals surface area contributed by atoms with Gasteiger partial charge in [0, 0.05) is 13.7 Å². The van der Waals surface area contributed by atoms with Crippen molar-refractivity contribution in [2.24, 2.45) is 4.99 Å². The van der Waals surface area contributed by atoms with Gasteiger partial charge in [-0.05, 0) is 12.8 Å². The van der Waals surface area contributed by atoms with Gasteiger partial charge in [0.05, 0.1) is 6.54 Å². The van der Waals surface area contributed by atoms with Crippen LogP contribution in [0.1, 0.15) is 19.8 Å². The molecule has 0 aromatic carbocycles. The van der Waals surface area contributed by atoms with Crippen LogP contribution in [0.2, 0.25) is 0 Å². The van der Waals surface area contributed by atoms with E-state index in [2.05, 4.69) is 18.5 Å². The SMILES string of the molecule is C=CCC.COCCCN=C=O. The van der Waals surface area contributed by atoms with Gasteiger partial charge in [-0.1, -0.05) is 13.0 Å². The van der Waals surface area contributed by atoms with Crippen molar-refractivity contribution in [2.75, 3.05) is 20.3 Å². The minimum Gasteiger partial charge on any atom is -0.385 e. The first-order valence-electron chi connectivity index (χ1n) is 3.96. The van der Waals surface area contributed by atoms with Crippen molar-refractivity contribution in [1.82, 2.24) is 0 Å². The Morgan fingerprint density at radius 2 is 2.25 bits per heavy atom. The molecule has 3 heteroatoms. The van der Waals surface area contributed by atoms with Gasteiger partial charge in [0.2, 0.25) is 6.08 Å². The van der Waals surface area contributed by atoms with Crippen LogP contribution in [0.3, 0.4) is 0 Å². The average Bonchev–Trinajstić information content (AvgIpc) is 2.13. The zero-order valence-electron chi connectivity index (χ0n) is 7.88. The summed E-state index contributed by atoms with van der Waals surface area (Å²) in [5.74, 6) is 0. The van der Waals surface area contributed by atoms with Crippen molar-refractivity contribution in [3.05, 3.63) is 12.7 Å². The number of carbonyl (C=O) groups excluding carboxylic acids is 1. The Balaban J connectivity index is 0. The van der Waals surface area contributed by atoms with Gasteiger partial charge >= 0.3 is 0 Å². The van der Waals surface area contributed by atoms with Crippen LogP contribution in [0.5, 0.6) is 0 Å². The van der Waals surface area contributed by atoms with Gasteiger partial charge in [0.1, 0.15) is 0 Å². The van der Waals surface area contributed by atoms with Crippen molar-refractivity contribution in [2.45, 2.75) is 19.8 Å². The van der Waals surface area contributed by atoms with Crippen LogP contribution in [0, 0.1) is 0 Å². The molecule has 0 atom stereocenters. The molecule has 12 heavy (non-hydrogen) atoms. The molecule has 0 aliphatic rings. The summed E-state index contributed by atoms with van der Waals surface area (Å²) in [5, 5.41) is 0. The first-order chi connectivity index (χ1) is 5.83. The minimum atomic E-state index is 0.525. The lowest BCUT2D eigenvalue weighted by Crippen LogP contribution is -1.89. The molecule has 0 saturated carbocycles. The summed E-state index contributed by atoms with van der Waals surface area (Å²) in [6.45, 7) is 6.72. The van der Waals surface area contributed by atoms with Crippen LogP contribution >= 0.6 is 0 Å². The van der Waals surface area contributed by atoms with Gasteiger partial charge in [-0.3, -0.25) is 0 Å². The van der Waals surface area contributed by atoms with E-state index in [1.54, 1.807) is 7.11 Å². The van der Waals surface area contributed by atoms with E-state index in [9.17, 15) is 4.79 Å². The van der Waals surface area contributed by atoms with Crippen molar-refractivity contribution in [1.29, 1.82) is 0 Å². The maximum Gasteiger partial charge on any atom is 0.234 e. The van der Waals surface area contributed by atoms with E-state index < -0.39 is 0 Å². The first kappa shape index (κ1) is 13.7. The average molecular weight is 171 g/mol. The molecule has 70 valence electrons. The van der Waals surface area contributed by atoms with Gasteiger partial charge in [-0.15, -0.1) is 6.58 Å². The fraction of sp³-hybridized carbons (Fsp3) is 0.667. The molecule has 0 rings (SSSR count). The Hall–Kier alpha value is -0.920. The Kier molecular flexibility index (Phi) is 18.9. The summed E-state index contributed by atoms with van der Waals surface area (Å²) in [5.41, 5.74) is 0. The first-order valence-corrected chi connectivity index (χ1v) is 3.96. The van der Waals surface area contributed by atoms with E-state index in [0.29, 0.717) is 13.2 Å². The van der Waals surface area contributed by atoms with Crippen molar-refractivity contribution in [3.8, 4) is 0 Å². The number of ether oxygens (including phenoxy) is 1. The van der Waals surface area contributed by atoms with Gasteiger partial charge in [-0.2, -0.15) is 0 Å². The van der Waals surface area contributed by atoms with Crippen LogP contribution < -0.4 is 0 Å². The van der Waals surface area contributed by atoms with Crippen LogP contribution in [-0.2, 0) is 9.53 Å². The van der Waals surface area contributed by atoms with E-state index >= 15 is 0 Å². The number of isocyanates is 1. The van der Waals surface area contributed by atoms with Gasteiger partial charge in [-0.25, -0.2) is 9.79 Å². The molecule has 0 heterocycles. The standard InChI is InChI=1S/C5H9NO2.C4H8/c1-8-4-2-3-6-5-7;1-3-4-2/h2-4H2,1H3;3H,1,4H2,2H3. The monoisotopic (exact) mass is 171 g/mol. The van der Waals surface area contributed by atoms with E-state index in [1.165, 1.54) is 6.08 Å². The highest BCUT2D eigenvalue weighted by Gasteiger charge is 1.79. The summed E-state index contributed by atoms with van der Waals surface area (Å²) in [6.07, 6.45) is 5.20. The number of aliphatic imine (C=N–C) groups is 1. The number of allylic oxidation sites excluding steroid dienone is 1. The van der Waals surface area contributed by atoms with Gasteiger partial charge < -0.3 is 4.74 Å². The van der Waals surface area contributed by atoms with E-state index in [0.717, 1.165) is 12.8 Å². The molecule has 0 aliphatic carbocycles. The third kappa shape index (κ3) is 23.0. The Bertz CT molecular complexity index is 128. The molecule has 0 aromatic heterocycles. The second-order valence-corrected chi connectivity index (χ2v) is 2.02. The van der Waals surface area contributed by atoms with Crippen molar-refractivity contribution >= 4 is 6.08 Å². The lowest BCUT2D eigenvalue weighted by molar-refractivity contribution is 0.197. The molecule has 0 unspecified atom stereocenters. The summed E-state index contributed by atoms with van der Waals surface area (Å²) < 4.78 is 4.70. The molecule has 0 saturated heterocycles. The highest BCUT2D eigenvalue weighted by atomic mass is 16.5. The number of rotatable bonds is 5. The number of nitrogens with zero attached hydrogens (tertiary/aromatic N) is 1. The number of hydrogen-bond acceptors (Lipinski definition) is 3. The topological polar surface area (TPSA) is 38.7 Å². The van der Waals surface area contributed by atoms with E-state index in [4.69, 9.17) is 4.74 Å². The third-order valence-corrected chi connectivity index (χ3v) is 0.972. The van der Waals surface area contributed by atoms with Crippen LogP contribution in [0.25, 0.3) is 0 Å². The second kappa shape index (κ2) is 16.6. The third-order valence-electron chi connectivity index (χ3n) is 0.972. The maximum absolute atomic E-state index is 9.44. The zero-order chi connectivity index (χ0) is 9.66. The lowest BCUT2D eigenvalue weighted by atomic mass is 10.5. The lowest BCUT2D eigenvalue weighted by Gasteiger charge is -1.89. The molecule has 0 bridgehead atoms. The van der Waals surface area contributed by atoms with E-state index in [1.807, 2.05) is 6.08 Å². The molecule has 0 aromatic rings. The van der Waals surface area contributed by atoms with Gasteiger partial charge in [0.15, 0.2) is 0 Å². The summed E-state index contributed by atoms with van der Waals surface area (Å²) in [6, 6.07) is 0. The molecule has 0 amide bonds. The van der Waals surface area contributed by atoms with Crippen LogP contribution in [0.4, 0.5) is 0 Å². The minimum absolute atomic E-state index is 0.525. The van der Waals surface area contributed by atoms with Crippen LogP contribution in [-0.4, -0.2) is 26.3 Å². The fourth-order valence-electron chi connectivity index (χ4n) is 0.334. The highest BCUT2D eigenvalue weighted by molar-refractivity contribution is 5.32. The summed E-state index contributed by atoms with van der Waals surface area (Å²) >= 11 is 0. The molecular formula is C9H17NO2. The molecule has 0 spiro atoms. The fourth-order valence-corrected chi connectivity index (χ4v) is 0.334. The molecule has 0 radical (unpaired) electrons. The smallest absolute Gasteiger partial charge is 0.234 e. The molecule has 0 N–H and O–H groups in total. The number of hydrogen-bond donors (Lipinski definition) is 0. The Labute approximate surface area is 74.1 Å². The molecule has 0 fully saturated rings. The predicted octanol–water partition coefficient (Wildman–Crippen LogP) is 1.94.